The van der Waals surface area contributed by atoms with Crippen molar-refractivity contribution in [1.82, 2.24) is 0 Å². The largest absolute Gasteiger partial charge is 0.543 e. The van der Waals surface area contributed by atoms with E-state index < -0.39 is 8.32 Å². The van der Waals surface area contributed by atoms with Crippen LogP contribution in [0.15, 0.2) is 30.3 Å². The van der Waals surface area contributed by atoms with Crippen molar-refractivity contribution in [3.8, 4) is 0 Å². The van der Waals surface area contributed by atoms with E-state index >= 15 is 0 Å². The highest BCUT2D eigenvalue weighted by Crippen LogP contribution is 2.39. The van der Waals surface area contributed by atoms with E-state index in [0.29, 0.717) is 0 Å². The molecule has 0 fully saturated rings. The van der Waals surface area contributed by atoms with Crippen LogP contribution in [0.1, 0.15) is 39.7 Å². The number of allylic oxidation sites excluding steroid dienone is 1. The average molecular weight is 297 g/mol. The van der Waals surface area contributed by atoms with Crippen molar-refractivity contribution in [2.45, 2.75) is 52.2 Å². The number of halogens is 1. The fourth-order valence-corrected chi connectivity index (χ4v) is 2.72. The third kappa shape index (κ3) is 4.39. The summed E-state index contributed by atoms with van der Waals surface area (Å²) < 4.78 is 6.43. The van der Waals surface area contributed by atoms with Crippen LogP contribution >= 0.6 is 11.6 Å². The van der Waals surface area contributed by atoms with E-state index in [2.05, 4.69) is 52.9 Å². The van der Waals surface area contributed by atoms with E-state index in [4.69, 9.17) is 16.0 Å². The summed E-state index contributed by atoms with van der Waals surface area (Å²) in [6.07, 6.45) is 3.10. The molecule has 1 rings (SSSR count). The maximum Gasteiger partial charge on any atom is 0.250 e. The molecule has 0 heterocycles. The Labute approximate surface area is 123 Å². The van der Waals surface area contributed by atoms with E-state index in [-0.39, 0.29) is 5.04 Å². The predicted molar refractivity (Wildman–Crippen MR) is 88.0 cm³/mol. The SMILES string of the molecule is CCC=C(O[Si](C)(C)C(C)(C)C)c1cccc(Cl)c1. The van der Waals surface area contributed by atoms with Crippen molar-refractivity contribution in [3.63, 3.8) is 0 Å². The molecule has 0 N–H and O–H groups in total. The Morgan fingerprint density at radius 3 is 2.42 bits per heavy atom. The van der Waals surface area contributed by atoms with Gasteiger partial charge in [0.25, 0.3) is 0 Å². The average Bonchev–Trinajstić information content (AvgIpc) is 2.26. The van der Waals surface area contributed by atoms with Crippen molar-refractivity contribution < 1.29 is 4.43 Å². The molecule has 0 radical (unpaired) electrons. The van der Waals surface area contributed by atoms with Crippen molar-refractivity contribution in [2.24, 2.45) is 0 Å². The number of hydrogen-bond acceptors (Lipinski definition) is 1. The number of rotatable bonds is 4. The monoisotopic (exact) mass is 296 g/mol. The lowest BCUT2D eigenvalue weighted by atomic mass is 10.2. The summed E-state index contributed by atoms with van der Waals surface area (Å²) in [4.78, 5) is 0. The van der Waals surface area contributed by atoms with Gasteiger partial charge in [0.05, 0.1) is 0 Å². The van der Waals surface area contributed by atoms with Crippen LogP contribution in [-0.4, -0.2) is 8.32 Å². The highest BCUT2D eigenvalue weighted by Gasteiger charge is 2.39. The summed E-state index contributed by atoms with van der Waals surface area (Å²) in [6, 6.07) is 7.88. The second-order valence-corrected chi connectivity index (χ2v) is 11.5. The van der Waals surface area contributed by atoms with E-state index in [1.54, 1.807) is 0 Å². The molecule has 19 heavy (non-hydrogen) atoms. The Bertz CT molecular complexity index is 458. The minimum absolute atomic E-state index is 0.193. The van der Waals surface area contributed by atoms with Gasteiger partial charge in [-0.1, -0.05) is 51.4 Å². The van der Waals surface area contributed by atoms with Gasteiger partial charge in [0.15, 0.2) is 0 Å². The van der Waals surface area contributed by atoms with Gasteiger partial charge in [0.1, 0.15) is 5.76 Å². The van der Waals surface area contributed by atoms with Gasteiger partial charge in [-0.25, -0.2) is 0 Å². The normalized spacial score (nSPS) is 13.5. The van der Waals surface area contributed by atoms with E-state index in [1.807, 2.05) is 18.2 Å². The maximum absolute atomic E-state index is 6.43. The molecule has 106 valence electrons. The maximum atomic E-state index is 6.43. The molecule has 0 aromatic heterocycles. The van der Waals surface area contributed by atoms with Crippen LogP contribution in [0.4, 0.5) is 0 Å². The van der Waals surface area contributed by atoms with Gasteiger partial charge >= 0.3 is 0 Å². The zero-order chi connectivity index (χ0) is 14.7. The second kappa shape index (κ2) is 6.15. The lowest BCUT2D eigenvalue weighted by Crippen LogP contribution is -2.40. The molecule has 1 aromatic carbocycles. The Morgan fingerprint density at radius 1 is 1.32 bits per heavy atom. The molecule has 0 atom stereocenters. The number of hydrogen-bond donors (Lipinski definition) is 0. The molecular weight excluding hydrogens is 272 g/mol. The number of benzene rings is 1. The summed E-state index contributed by atoms with van der Waals surface area (Å²) in [6.45, 7) is 13.4. The molecule has 0 unspecified atom stereocenters. The Hall–Kier alpha value is -0.733. The topological polar surface area (TPSA) is 9.23 Å². The van der Waals surface area contributed by atoms with E-state index in [1.165, 1.54) is 0 Å². The quantitative estimate of drug-likeness (QED) is 0.481. The third-order valence-corrected chi connectivity index (χ3v) is 8.25. The van der Waals surface area contributed by atoms with Crippen LogP contribution in [0.5, 0.6) is 0 Å². The van der Waals surface area contributed by atoms with Gasteiger partial charge in [-0.05, 0) is 42.8 Å². The van der Waals surface area contributed by atoms with E-state index in [9.17, 15) is 0 Å². The Morgan fingerprint density at radius 2 is 1.95 bits per heavy atom. The first-order valence-electron chi connectivity index (χ1n) is 6.82. The highest BCUT2D eigenvalue weighted by molar-refractivity contribution is 6.74. The fourth-order valence-electron chi connectivity index (χ4n) is 1.47. The third-order valence-electron chi connectivity index (χ3n) is 3.67. The molecular formula is C16H25ClOSi. The fraction of sp³-hybridized carbons (Fsp3) is 0.500. The molecule has 0 saturated heterocycles. The lowest BCUT2D eigenvalue weighted by molar-refractivity contribution is 0.456. The minimum Gasteiger partial charge on any atom is -0.543 e. The summed E-state index contributed by atoms with van der Waals surface area (Å²) in [5.74, 6) is 0.969. The highest BCUT2D eigenvalue weighted by atomic mass is 35.5. The summed E-state index contributed by atoms with van der Waals surface area (Å²) in [7, 11) is -1.82. The first-order chi connectivity index (χ1) is 8.67. The molecule has 1 aromatic rings. The second-order valence-electron chi connectivity index (χ2n) is 6.35. The van der Waals surface area contributed by atoms with Gasteiger partial charge in [-0.2, -0.15) is 0 Å². The standard InChI is InChI=1S/C16H25ClOSi/c1-7-9-15(13-10-8-11-14(17)12-13)18-19(5,6)16(2,3)4/h8-12H,7H2,1-6H3. The summed E-state index contributed by atoms with van der Waals surface area (Å²) in [5, 5.41) is 0.941. The van der Waals surface area contributed by atoms with Crippen LogP contribution < -0.4 is 0 Å². The van der Waals surface area contributed by atoms with Crippen LogP contribution in [0, 0.1) is 0 Å². The predicted octanol–water partition coefficient (Wildman–Crippen LogP) is 6.11. The Balaban J connectivity index is 3.08. The Kier molecular flexibility index (Phi) is 5.28. The van der Waals surface area contributed by atoms with Crippen molar-refractivity contribution >= 4 is 25.7 Å². The molecule has 3 heteroatoms. The van der Waals surface area contributed by atoms with Gasteiger partial charge in [-0.3, -0.25) is 0 Å². The van der Waals surface area contributed by atoms with Crippen molar-refractivity contribution in [1.29, 1.82) is 0 Å². The first kappa shape index (κ1) is 16.3. The van der Waals surface area contributed by atoms with Crippen LogP contribution in [0.3, 0.4) is 0 Å². The molecule has 0 saturated carbocycles. The van der Waals surface area contributed by atoms with Crippen molar-refractivity contribution in [2.75, 3.05) is 0 Å². The lowest BCUT2D eigenvalue weighted by Gasteiger charge is -2.37. The minimum atomic E-state index is -1.82. The van der Waals surface area contributed by atoms with Crippen LogP contribution in [-0.2, 0) is 4.43 Å². The van der Waals surface area contributed by atoms with Gasteiger partial charge in [0.2, 0.25) is 8.32 Å². The van der Waals surface area contributed by atoms with Crippen molar-refractivity contribution in [3.05, 3.63) is 40.9 Å². The molecule has 0 bridgehead atoms. The first-order valence-corrected chi connectivity index (χ1v) is 10.1. The zero-order valence-corrected chi connectivity index (χ0v) is 14.6. The van der Waals surface area contributed by atoms with E-state index in [0.717, 1.165) is 22.8 Å². The zero-order valence-electron chi connectivity index (χ0n) is 12.9. The molecule has 0 aliphatic heterocycles. The smallest absolute Gasteiger partial charge is 0.250 e. The molecule has 0 amide bonds. The van der Waals surface area contributed by atoms with Gasteiger partial charge in [-0.15, -0.1) is 0 Å². The summed E-state index contributed by atoms with van der Waals surface area (Å²) in [5.41, 5.74) is 1.07. The van der Waals surface area contributed by atoms with Crippen LogP contribution in [0.25, 0.3) is 5.76 Å². The van der Waals surface area contributed by atoms with Gasteiger partial charge in [0, 0.05) is 10.6 Å². The molecule has 0 aliphatic carbocycles. The summed E-state index contributed by atoms with van der Waals surface area (Å²) >= 11 is 6.08. The van der Waals surface area contributed by atoms with Gasteiger partial charge < -0.3 is 4.43 Å². The molecule has 0 spiro atoms. The van der Waals surface area contributed by atoms with Crippen LogP contribution in [0.2, 0.25) is 23.2 Å². The molecule has 0 aliphatic rings. The molecule has 1 nitrogen and oxygen atoms in total.